The van der Waals surface area contributed by atoms with E-state index in [1.54, 1.807) is 18.0 Å². The highest BCUT2D eigenvalue weighted by molar-refractivity contribution is 14.1. The molecule has 0 unspecified atom stereocenters. The molecule has 5 heteroatoms. The lowest BCUT2D eigenvalue weighted by atomic mass is 11.0. The number of halogens is 1. The Balaban J connectivity index is 2.50. The summed E-state index contributed by atoms with van der Waals surface area (Å²) in [5.74, 6) is 0. The maximum atomic E-state index is 3.71. The van der Waals surface area contributed by atoms with Gasteiger partial charge < -0.3 is 0 Å². The Kier molecular flexibility index (Phi) is 3.06. The summed E-state index contributed by atoms with van der Waals surface area (Å²) in [5.41, 5.74) is 0. The van der Waals surface area contributed by atoms with E-state index in [-0.39, 0.29) is 0 Å². The van der Waals surface area contributed by atoms with Crippen molar-refractivity contribution in [3.8, 4) is 0 Å². The highest BCUT2D eigenvalue weighted by Crippen LogP contribution is 2.21. The Morgan fingerprint density at radius 1 is 1.88 bits per heavy atom. The third-order valence-corrected chi connectivity index (χ3v) is 3.01. The molecule has 0 atom stereocenters. The van der Waals surface area contributed by atoms with Crippen molar-refractivity contribution >= 4 is 45.9 Å². The van der Waals surface area contributed by atoms with Gasteiger partial charge >= 0.3 is 0 Å². The van der Waals surface area contributed by atoms with Crippen molar-refractivity contribution in [3.63, 3.8) is 0 Å². The minimum atomic E-state index is 1.07. The van der Waals surface area contributed by atoms with Crippen LogP contribution in [0.25, 0.3) is 0 Å². The summed E-state index contributed by atoms with van der Waals surface area (Å²) >= 11 is 5.51. The number of hydrogen-bond donors (Lipinski definition) is 0. The molecule has 8 heavy (non-hydrogen) atoms. The van der Waals surface area contributed by atoms with Gasteiger partial charge in [-0.3, -0.25) is 0 Å². The van der Waals surface area contributed by atoms with Gasteiger partial charge in [0, 0.05) is 0 Å². The van der Waals surface area contributed by atoms with Gasteiger partial charge in [-0.15, -0.1) is 16.9 Å². The van der Waals surface area contributed by atoms with Crippen molar-refractivity contribution in [3.05, 3.63) is 6.20 Å². The number of alkyl halides is 1. The summed E-state index contributed by atoms with van der Waals surface area (Å²) in [6.07, 6.45) is 1.79. The number of thioether (sulfide) groups is 1. The van der Waals surface area contributed by atoms with Gasteiger partial charge in [0.25, 0.3) is 0 Å². The summed E-state index contributed by atoms with van der Waals surface area (Å²) in [5, 5.41) is 3.69. The lowest BCUT2D eigenvalue weighted by molar-refractivity contribution is 1.15. The molecule has 0 radical (unpaired) electrons. The van der Waals surface area contributed by atoms with E-state index in [0.29, 0.717) is 0 Å². The minimum Gasteiger partial charge on any atom is -0.145 e. The van der Waals surface area contributed by atoms with Crippen molar-refractivity contribution in [2.45, 2.75) is 4.21 Å². The summed E-state index contributed by atoms with van der Waals surface area (Å²) in [6, 6.07) is 0. The summed E-state index contributed by atoms with van der Waals surface area (Å²) in [7, 11) is 0. The first-order chi connectivity index (χ1) is 3.93. The van der Waals surface area contributed by atoms with Gasteiger partial charge in [0.05, 0.1) is 9.96 Å². The third-order valence-electron chi connectivity index (χ3n) is 0.538. The van der Waals surface area contributed by atoms with Crippen LogP contribution in [0.1, 0.15) is 0 Å². The van der Waals surface area contributed by atoms with Crippen LogP contribution in [0.2, 0.25) is 0 Å². The second kappa shape index (κ2) is 3.62. The zero-order valence-electron chi connectivity index (χ0n) is 3.87. The van der Waals surface area contributed by atoms with E-state index in [4.69, 9.17) is 0 Å². The summed E-state index contributed by atoms with van der Waals surface area (Å²) in [6.45, 7) is 0. The molecular formula is C3H3IN2S2. The lowest BCUT2D eigenvalue weighted by Gasteiger charge is -1.81. The van der Waals surface area contributed by atoms with Gasteiger partial charge in [0.1, 0.15) is 4.21 Å². The predicted molar refractivity (Wildman–Crippen MR) is 44.7 cm³/mol. The van der Waals surface area contributed by atoms with Gasteiger partial charge in [-0.1, -0.05) is 27.1 Å². The standard InChI is InChI=1S/C3H3IN2S2/c4-2-7-3-1-5-6-8-3/h1H,2H2. The van der Waals surface area contributed by atoms with Gasteiger partial charge in [-0.2, -0.15) is 0 Å². The third kappa shape index (κ3) is 1.87. The normalized spacial score (nSPS) is 9.62. The number of aromatic nitrogens is 2. The number of rotatable bonds is 2. The maximum Gasteiger partial charge on any atom is 0.102 e. The van der Waals surface area contributed by atoms with Crippen LogP contribution >= 0.6 is 45.9 Å². The van der Waals surface area contributed by atoms with Crippen LogP contribution in [-0.2, 0) is 0 Å². The molecule has 44 valence electrons. The minimum absolute atomic E-state index is 1.07. The smallest absolute Gasteiger partial charge is 0.102 e. The van der Waals surface area contributed by atoms with Crippen molar-refractivity contribution in [1.82, 2.24) is 9.59 Å². The summed E-state index contributed by atoms with van der Waals surface area (Å²) in [4.78, 5) is 0. The quantitative estimate of drug-likeness (QED) is 0.461. The molecule has 1 aromatic rings. The Labute approximate surface area is 69.4 Å². The average molecular weight is 258 g/mol. The zero-order chi connectivity index (χ0) is 5.82. The zero-order valence-corrected chi connectivity index (χ0v) is 7.66. The Hall–Kier alpha value is 0.640. The van der Waals surface area contributed by atoms with Crippen molar-refractivity contribution in [2.75, 3.05) is 3.76 Å². The SMILES string of the molecule is ICSc1cnns1. The molecule has 0 spiro atoms. The molecule has 0 aromatic carbocycles. The van der Waals surface area contributed by atoms with Crippen LogP contribution in [0.4, 0.5) is 0 Å². The summed E-state index contributed by atoms with van der Waals surface area (Å²) < 4.78 is 5.97. The largest absolute Gasteiger partial charge is 0.145 e. The van der Waals surface area contributed by atoms with E-state index in [2.05, 4.69) is 32.2 Å². The highest BCUT2D eigenvalue weighted by Gasteiger charge is 1.91. The van der Waals surface area contributed by atoms with Gasteiger partial charge in [-0.25, -0.2) is 0 Å². The average Bonchev–Trinajstić information content (AvgIpc) is 2.19. The molecule has 0 fully saturated rings. The van der Waals surface area contributed by atoms with E-state index in [9.17, 15) is 0 Å². The molecule has 0 amide bonds. The molecular weight excluding hydrogens is 255 g/mol. The fraction of sp³-hybridized carbons (Fsp3) is 0.333. The Morgan fingerprint density at radius 2 is 2.75 bits per heavy atom. The Bertz CT molecular complexity index is 141. The number of hydrogen-bond acceptors (Lipinski definition) is 4. The number of nitrogens with zero attached hydrogens (tertiary/aromatic N) is 2. The van der Waals surface area contributed by atoms with E-state index in [1.165, 1.54) is 15.7 Å². The molecule has 0 aliphatic carbocycles. The lowest BCUT2D eigenvalue weighted by Crippen LogP contribution is -1.56. The first kappa shape index (κ1) is 6.76. The molecule has 1 heterocycles. The van der Waals surface area contributed by atoms with Crippen LogP contribution < -0.4 is 0 Å². The Morgan fingerprint density at radius 3 is 3.25 bits per heavy atom. The van der Waals surface area contributed by atoms with Crippen LogP contribution in [-0.4, -0.2) is 13.3 Å². The van der Waals surface area contributed by atoms with Gasteiger partial charge in [-0.05, 0) is 11.5 Å². The molecule has 2 nitrogen and oxygen atoms in total. The second-order valence-corrected chi connectivity index (χ2v) is 4.85. The van der Waals surface area contributed by atoms with Gasteiger partial charge in [0.2, 0.25) is 0 Å². The molecule has 0 aliphatic heterocycles. The van der Waals surface area contributed by atoms with Crippen molar-refractivity contribution in [1.29, 1.82) is 0 Å². The van der Waals surface area contributed by atoms with E-state index in [1.807, 2.05) is 0 Å². The van der Waals surface area contributed by atoms with Gasteiger partial charge in [0.15, 0.2) is 0 Å². The fourth-order valence-corrected chi connectivity index (χ4v) is 2.90. The van der Waals surface area contributed by atoms with Crippen molar-refractivity contribution < 1.29 is 0 Å². The molecule has 0 bridgehead atoms. The van der Waals surface area contributed by atoms with E-state index < -0.39 is 0 Å². The monoisotopic (exact) mass is 258 g/mol. The predicted octanol–water partition coefficient (Wildman–Crippen LogP) is 2.02. The first-order valence-corrected chi connectivity index (χ1v) is 5.18. The fourth-order valence-electron chi connectivity index (χ4n) is 0.275. The highest BCUT2D eigenvalue weighted by atomic mass is 127. The molecule has 1 aromatic heterocycles. The van der Waals surface area contributed by atoms with Crippen LogP contribution in [0.15, 0.2) is 10.4 Å². The van der Waals surface area contributed by atoms with E-state index >= 15 is 0 Å². The van der Waals surface area contributed by atoms with Crippen LogP contribution in [0.3, 0.4) is 0 Å². The molecule has 0 saturated carbocycles. The first-order valence-electron chi connectivity index (χ1n) is 1.89. The maximum absolute atomic E-state index is 3.71. The van der Waals surface area contributed by atoms with Crippen molar-refractivity contribution in [2.24, 2.45) is 0 Å². The molecule has 0 aliphatic rings. The topological polar surface area (TPSA) is 25.8 Å². The second-order valence-electron chi connectivity index (χ2n) is 0.990. The van der Waals surface area contributed by atoms with E-state index in [0.717, 1.165) is 3.76 Å². The molecule has 1 rings (SSSR count). The molecule has 0 saturated heterocycles. The molecule has 0 N–H and O–H groups in total. The van der Waals surface area contributed by atoms with Crippen LogP contribution in [0, 0.1) is 0 Å². The van der Waals surface area contributed by atoms with Crippen LogP contribution in [0.5, 0.6) is 0 Å².